The van der Waals surface area contributed by atoms with Crippen molar-refractivity contribution in [1.82, 2.24) is 50.0 Å². The van der Waals surface area contributed by atoms with Crippen molar-refractivity contribution in [2.75, 3.05) is 85.9 Å². The molecule has 0 bridgehead atoms. The van der Waals surface area contributed by atoms with Crippen LogP contribution in [0.1, 0.15) is 78.4 Å². The van der Waals surface area contributed by atoms with E-state index in [0.29, 0.717) is 19.1 Å². The summed E-state index contributed by atoms with van der Waals surface area (Å²) in [6.07, 6.45) is 8.58. The molecule has 6 heterocycles. The van der Waals surface area contributed by atoms with E-state index in [0.717, 1.165) is 98.4 Å². The number of thiophene rings is 1. The number of carbonyl (C=O) groups is 4. The van der Waals surface area contributed by atoms with Crippen molar-refractivity contribution >= 4 is 56.1 Å². The third-order valence-electron chi connectivity index (χ3n) is 13.9. The number of hydrogen-bond donors (Lipinski definition) is 3. The van der Waals surface area contributed by atoms with Gasteiger partial charge in [-0.25, -0.2) is 8.78 Å². The van der Waals surface area contributed by atoms with Gasteiger partial charge in [0.15, 0.2) is 11.6 Å². The lowest BCUT2D eigenvalue weighted by atomic mass is 9.83. The van der Waals surface area contributed by atoms with Gasteiger partial charge in [0.2, 0.25) is 17.7 Å². The molecule has 3 aliphatic rings. The van der Waals surface area contributed by atoms with Gasteiger partial charge >= 0.3 is 0 Å². The molecular weight excluding hydrogens is 939 g/mol. The minimum absolute atomic E-state index is 0.0172. The highest BCUT2D eigenvalue weighted by Crippen LogP contribution is 2.33. The molecule has 18 nitrogen and oxygen atoms in total. The summed E-state index contributed by atoms with van der Waals surface area (Å²) in [6, 6.07) is 6.67. The maximum absolute atomic E-state index is 14.7. The largest absolute Gasteiger partial charge is 0.489 e. The average molecular weight is 1010 g/mol. The lowest BCUT2D eigenvalue weighted by Gasteiger charge is -2.39. The topological polar surface area (TPSA) is 187 Å². The Bertz CT molecular complexity index is 2640. The molecule has 1 aromatic carbocycles. The van der Waals surface area contributed by atoms with Crippen LogP contribution in [0.3, 0.4) is 0 Å². The second-order valence-electron chi connectivity index (χ2n) is 18.5. The fourth-order valence-corrected chi connectivity index (χ4v) is 10.5. The van der Waals surface area contributed by atoms with Crippen molar-refractivity contribution in [2.24, 2.45) is 20.0 Å². The van der Waals surface area contributed by atoms with E-state index in [1.165, 1.54) is 16.5 Å². The summed E-state index contributed by atoms with van der Waals surface area (Å²) in [5.74, 6) is -2.41. The first kappa shape index (κ1) is 51.6. The summed E-state index contributed by atoms with van der Waals surface area (Å²) < 4.78 is 57.2. The standard InChI is InChI=1S/C50H66F2N10O8S/c1-32(53-2)47(63)56-44(33-8-6-5-7-9-33)49(65)61-18-20-62(21-19-61)50(66)45-43(36-29-37(51)38(52)30-40(36)58(45)3)48(64)55-15-22-67-23-24-68-25-26-69-42-28-34(59(4)57-42)31-60-16-11-35(12-17-60)70-41-10-14-54-39-13-27-71-46(39)41/h10,13-14,27-30,32-33,35,44,53H,5-9,11-12,15-26,31H2,1-4H3,(H,55,64)(H,56,63)/t32-,44-/m0/s1. The van der Waals surface area contributed by atoms with E-state index in [1.807, 2.05) is 35.3 Å². The molecule has 2 saturated heterocycles. The van der Waals surface area contributed by atoms with E-state index in [9.17, 15) is 28.0 Å². The van der Waals surface area contributed by atoms with Gasteiger partial charge in [-0.2, -0.15) is 0 Å². The number of amides is 4. The first-order valence-electron chi connectivity index (χ1n) is 24.7. The molecule has 0 unspecified atom stereocenters. The minimum atomic E-state index is -1.15. The van der Waals surface area contributed by atoms with Crippen LogP contribution in [0.15, 0.2) is 41.9 Å². The minimum Gasteiger partial charge on any atom is -0.489 e. The number of halogens is 2. The second-order valence-corrected chi connectivity index (χ2v) is 19.5. The van der Waals surface area contributed by atoms with Gasteiger partial charge in [-0.05, 0) is 69.2 Å². The van der Waals surface area contributed by atoms with Crippen LogP contribution in [0.2, 0.25) is 0 Å². The molecule has 2 atom stereocenters. The number of carbonyl (C=O) groups excluding carboxylic acids is 4. The molecule has 4 aromatic heterocycles. The first-order chi connectivity index (χ1) is 34.4. The Kier molecular flexibility index (Phi) is 17.5. The van der Waals surface area contributed by atoms with Crippen molar-refractivity contribution < 1.29 is 46.9 Å². The Morgan fingerprint density at radius 1 is 0.859 bits per heavy atom. The molecule has 5 aromatic rings. The van der Waals surface area contributed by atoms with E-state index >= 15 is 0 Å². The maximum Gasteiger partial charge on any atom is 0.271 e. The highest BCUT2D eigenvalue weighted by atomic mass is 32.1. The number of nitrogens with zero attached hydrogens (tertiary/aromatic N) is 7. The number of nitrogens with one attached hydrogen (secondary N) is 3. The van der Waals surface area contributed by atoms with E-state index in [-0.39, 0.29) is 98.5 Å². The van der Waals surface area contributed by atoms with Gasteiger partial charge in [0.25, 0.3) is 11.8 Å². The fourth-order valence-electron chi connectivity index (χ4n) is 9.73. The molecule has 3 fully saturated rings. The monoisotopic (exact) mass is 1000 g/mol. The Balaban J connectivity index is 0.758. The van der Waals surface area contributed by atoms with Gasteiger partial charge in [-0.1, -0.05) is 19.3 Å². The lowest BCUT2D eigenvalue weighted by molar-refractivity contribution is -0.140. The number of likely N-dealkylation sites (N-methyl/N-ethyl adjacent to an activating group) is 1. The van der Waals surface area contributed by atoms with E-state index in [1.54, 1.807) is 36.4 Å². The van der Waals surface area contributed by atoms with E-state index in [4.69, 9.17) is 18.9 Å². The third-order valence-corrected chi connectivity index (χ3v) is 14.8. The molecule has 71 heavy (non-hydrogen) atoms. The molecule has 8 rings (SSSR count). The van der Waals surface area contributed by atoms with Gasteiger partial charge in [-0.15, -0.1) is 16.4 Å². The summed E-state index contributed by atoms with van der Waals surface area (Å²) in [5.41, 5.74) is 2.07. The van der Waals surface area contributed by atoms with Crippen molar-refractivity contribution in [3.63, 3.8) is 0 Å². The zero-order valence-electron chi connectivity index (χ0n) is 41.1. The molecule has 384 valence electrons. The predicted octanol–water partition coefficient (Wildman–Crippen LogP) is 4.64. The van der Waals surface area contributed by atoms with Crippen molar-refractivity contribution in [3.8, 4) is 11.6 Å². The Hall–Kier alpha value is -5.74. The number of hydrogen-bond acceptors (Lipinski definition) is 13. The molecular formula is C50H66F2N10O8S. The number of pyridine rings is 1. The Labute approximate surface area is 416 Å². The number of ether oxygens (including phenoxy) is 4. The number of fused-ring (bicyclic) bond motifs is 2. The number of rotatable bonds is 21. The zero-order valence-corrected chi connectivity index (χ0v) is 41.9. The highest BCUT2D eigenvalue weighted by Gasteiger charge is 2.38. The molecule has 0 radical (unpaired) electrons. The quantitative estimate of drug-likeness (QED) is 0.0867. The van der Waals surface area contributed by atoms with E-state index < -0.39 is 35.5 Å². The summed E-state index contributed by atoms with van der Waals surface area (Å²) in [5, 5.41) is 15.3. The summed E-state index contributed by atoms with van der Waals surface area (Å²) >= 11 is 1.65. The number of benzene rings is 1. The van der Waals surface area contributed by atoms with Crippen LogP contribution in [-0.2, 0) is 39.7 Å². The van der Waals surface area contributed by atoms with Crippen LogP contribution in [0, 0.1) is 17.6 Å². The predicted molar refractivity (Wildman–Crippen MR) is 264 cm³/mol. The second kappa shape index (κ2) is 24.1. The highest BCUT2D eigenvalue weighted by molar-refractivity contribution is 7.17. The molecule has 1 saturated carbocycles. The summed E-state index contributed by atoms with van der Waals surface area (Å²) in [4.78, 5) is 65.0. The van der Waals surface area contributed by atoms with Crippen LogP contribution in [0.4, 0.5) is 8.78 Å². The van der Waals surface area contributed by atoms with Crippen LogP contribution >= 0.6 is 11.3 Å². The SMILES string of the molecule is CN[C@@H](C)C(=O)N[C@H](C(=O)N1CCN(C(=O)c2c(C(=O)NCCOCCOCCOc3cc(CN4CCC(Oc5ccnc6ccsc56)CC4)n(C)n3)c3cc(F)c(F)cc3n2C)CC1)C1CCCCC1. The van der Waals surface area contributed by atoms with Gasteiger partial charge < -0.3 is 49.3 Å². The number of aromatic nitrogens is 4. The Morgan fingerprint density at radius 2 is 1.56 bits per heavy atom. The Morgan fingerprint density at radius 3 is 2.31 bits per heavy atom. The summed E-state index contributed by atoms with van der Waals surface area (Å²) in [6.45, 7) is 6.38. The smallest absolute Gasteiger partial charge is 0.271 e. The van der Waals surface area contributed by atoms with Crippen molar-refractivity contribution in [2.45, 2.75) is 76.6 Å². The van der Waals surface area contributed by atoms with Crippen LogP contribution in [0.5, 0.6) is 11.6 Å². The molecule has 21 heteroatoms. The third kappa shape index (κ3) is 12.5. The van der Waals surface area contributed by atoms with Gasteiger partial charge in [0, 0.05) is 90.2 Å². The lowest BCUT2D eigenvalue weighted by Crippen LogP contribution is -2.59. The molecule has 4 amide bonds. The maximum atomic E-state index is 14.7. The van der Waals surface area contributed by atoms with Gasteiger partial charge in [-0.3, -0.25) is 33.7 Å². The summed E-state index contributed by atoms with van der Waals surface area (Å²) in [7, 11) is 5.13. The molecule has 2 aliphatic heterocycles. The fraction of sp³-hybridized carbons (Fsp3) is 0.560. The van der Waals surface area contributed by atoms with Crippen molar-refractivity contribution in [1.29, 1.82) is 0 Å². The molecule has 3 N–H and O–H groups in total. The number of piperazine rings is 1. The molecule has 1 aliphatic carbocycles. The number of aryl methyl sites for hydroxylation is 2. The van der Waals surface area contributed by atoms with Gasteiger partial charge in [0.1, 0.15) is 30.2 Å². The number of likely N-dealkylation sites (tertiary alicyclic amines) is 1. The van der Waals surface area contributed by atoms with Gasteiger partial charge in [0.05, 0.1) is 59.5 Å². The van der Waals surface area contributed by atoms with Crippen molar-refractivity contribution in [3.05, 3.63) is 70.5 Å². The van der Waals surface area contributed by atoms with E-state index in [2.05, 4.69) is 30.9 Å². The first-order valence-corrected chi connectivity index (χ1v) is 25.6. The average Bonchev–Trinajstić information content (AvgIpc) is 4.09. The van der Waals surface area contributed by atoms with Crippen LogP contribution in [-0.4, -0.2) is 162 Å². The normalized spacial score (nSPS) is 17.2. The van der Waals surface area contributed by atoms with Crippen LogP contribution < -0.4 is 25.4 Å². The zero-order chi connectivity index (χ0) is 50.0. The van der Waals surface area contributed by atoms with Crippen LogP contribution in [0.25, 0.3) is 21.1 Å². The molecule has 0 spiro atoms. The number of piperidine rings is 1.